The topological polar surface area (TPSA) is 68.0 Å². The number of carbonyl (C=O) groups is 1. The number of nitrogens with zero attached hydrogens (tertiary/aromatic N) is 2. The van der Waals surface area contributed by atoms with E-state index in [0.29, 0.717) is 5.89 Å². The van der Waals surface area contributed by atoms with Crippen molar-refractivity contribution in [1.29, 1.82) is 0 Å². The molecule has 1 fully saturated rings. The Labute approximate surface area is 129 Å². The van der Waals surface area contributed by atoms with Crippen molar-refractivity contribution in [3.63, 3.8) is 0 Å². The number of fused-ring (bicyclic) bond motifs is 1. The third kappa shape index (κ3) is 2.51. The lowest BCUT2D eigenvalue weighted by molar-refractivity contribution is -0.122. The molecule has 22 heavy (non-hydrogen) atoms. The Hall–Kier alpha value is -2.17. The monoisotopic (exact) mass is 297 g/mol. The van der Waals surface area contributed by atoms with Crippen molar-refractivity contribution in [2.45, 2.75) is 44.9 Å². The van der Waals surface area contributed by atoms with Crippen LogP contribution in [0.4, 0.5) is 6.01 Å². The van der Waals surface area contributed by atoms with Crippen molar-refractivity contribution in [3.05, 3.63) is 29.3 Å². The van der Waals surface area contributed by atoms with Crippen LogP contribution in [0.25, 0.3) is 11.5 Å². The molecular weight excluding hydrogens is 278 g/mol. The zero-order valence-electron chi connectivity index (χ0n) is 12.5. The number of nitrogens with one attached hydrogen (secondary N) is 1. The van der Waals surface area contributed by atoms with Crippen molar-refractivity contribution < 1.29 is 9.21 Å². The quantitative estimate of drug-likeness (QED) is 0.943. The van der Waals surface area contributed by atoms with Gasteiger partial charge in [-0.3, -0.25) is 10.1 Å². The van der Waals surface area contributed by atoms with E-state index in [1.807, 2.05) is 6.07 Å². The minimum absolute atomic E-state index is 0.00751. The molecule has 0 aliphatic heterocycles. The highest BCUT2D eigenvalue weighted by atomic mass is 16.4. The molecule has 1 amide bonds. The molecule has 0 radical (unpaired) electrons. The summed E-state index contributed by atoms with van der Waals surface area (Å²) in [6.45, 7) is 0. The number of carbonyl (C=O) groups excluding carboxylic acids is 1. The molecule has 0 saturated heterocycles. The number of aromatic nitrogens is 2. The van der Waals surface area contributed by atoms with Gasteiger partial charge in [0, 0.05) is 11.5 Å². The average Bonchev–Trinajstić information content (AvgIpc) is 2.93. The first-order valence-corrected chi connectivity index (χ1v) is 8.06. The molecule has 0 unspecified atom stereocenters. The Bertz CT molecular complexity index is 704. The Morgan fingerprint density at radius 1 is 1.09 bits per heavy atom. The first kappa shape index (κ1) is 13.5. The van der Waals surface area contributed by atoms with Gasteiger partial charge in [-0.1, -0.05) is 17.6 Å². The third-order valence-electron chi connectivity index (χ3n) is 4.73. The summed E-state index contributed by atoms with van der Waals surface area (Å²) in [6, 6.07) is 6.51. The van der Waals surface area contributed by atoms with Crippen LogP contribution in [0, 0.1) is 5.92 Å². The second kappa shape index (κ2) is 5.55. The van der Waals surface area contributed by atoms with Gasteiger partial charge >= 0.3 is 6.01 Å². The Kier molecular flexibility index (Phi) is 3.41. The smallest absolute Gasteiger partial charge is 0.322 e. The zero-order chi connectivity index (χ0) is 14.9. The van der Waals surface area contributed by atoms with E-state index in [0.717, 1.165) is 37.7 Å². The van der Waals surface area contributed by atoms with Crippen LogP contribution in [0.1, 0.15) is 43.2 Å². The molecule has 5 nitrogen and oxygen atoms in total. The van der Waals surface area contributed by atoms with Gasteiger partial charge in [-0.15, -0.1) is 5.10 Å². The molecule has 1 aromatic heterocycles. The number of benzene rings is 1. The molecule has 2 aromatic rings. The molecule has 1 saturated carbocycles. The number of rotatable bonds is 3. The SMILES string of the molecule is O=C(Nc1nnc(-c2ccc3c(c2)CCCC3)o1)C1CCC1. The molecule has 1 aromatic carbocycles. The molecule has 5 heteroatoms. The van der Waals surface area contributed by atoms with Gasteiger partial charge in [0.2, 0.25) is 11.8 Å². The molecule has 1 N–H and O–H groups in total. The van der Waals surface area contributed by atoms with Crippen molar-refractivity contribution in [3.8, 4) is 11.5 Å². The van der Waals surface area contributed by atoms with Crippen molar-refractivity contribution in [1.82, 2.24) is 10.2 Å². The van der Waals surface area contributed by atoms with Gasteiger partial charge in [0.1, 0.15) is 0 Å². The molecular formula is C17H19N3O2. The maximum absolute atomic E-state index is 11.9. The molecule has 0 bridgehead atoms. The minimum Gasteiger partial charge on any atom is -0.403 e. The highest BCUT2D eigenvalue weighted by Gasteiger charge is 2.26. The first-order valence-electron chi connectivity index (χ1n) is 8.06. The predicted molar refractivity (Wildman–Crippen MR) is 82.3 cm³/mol. The highest BCUT2D eigenvalue weighted by Crippen LogP contribution is 2.29. The van der Waals surface area contributed by atoms with Gasteiger partial charge in [0.15, 0.2) is 0 Å². The summed E-state index contributed by atoms with van der Waals surface area (Å²) in [4.78, 5) is 11.9. The number of aryl methyl sites for hydroxylation is 2. The van der Waals surface area contributed by atoms with Gasteiger partial charge in [0.25, 0.3) is 0 Å². The lowest BCUT2D eigenvalue weighted by Gasteiger charge is -2.22. The summed E-state index contributed by atoms with van der Waals surface area (Å²) < 4.78 is 5.60. The molecule has 4 rings (SSSR count). The summed E-state index contributed by atoms with van der Waals surface area (Å²) in [5.74, 6) is 0.572. The summed E-state index contributed by atoms with van der Waals surface area (Å²) in [6.07, 6.45) is 7.82. The van der Waals surface area contributed by atoms with Crippen molar-refractivity contribution in [2.75, 3.05) is 5.32 Å². The standard InChI is InChI=1S/C17H19N3O2/c21-15(12-6-3-7-12)18-17-20-19-16(22-17)14-9-8-11-4-1-2-5-13(11)10-14/h8-10,12H,1-7H2,(H,18,20,21). The van der Waals surface area contributed by atoms with Gasteiger partial charge < -0.3 is 4.42 Å². The Balaban J connectivity index is 1.52. The first-order chi connectivity index (χ1) is 10.8. The maximum Gasteiger partial charge on any atom is 0.322 e. The van der Waals surface area contributed by atoms with E-state index in [2.05, 4.69) is 27.6 Å². The fourth-order valence-electron chi connectivity index (χ4n) is 3.13. The third-order valence-corrected chi connectivity index (χ3v) is 4.73. The van der Waals surface area contributed by atoms with E-state index >= 15 is 0 Å². The van der Waals surface area contributed by atoms with Crippen molar-refractivity contribution in [2.24, 2.45) is 5.92 Å². The molecule has 1 heterocycles. The van der Waals surface area contributed by atoms with Gasteiger partial charge in [-0.2, -0.15) is 0 Å². The fourth-order valence-corrected chi connectivity index (χ4v) is 3.13. The summed E-state index contributed by atoms with van der Waals surface area (Å²) in [5.41, 5.74) is 3.73. The second-order valence-electron chi connectivity index (χ2n) is 6.22. The normalized spacial score (nSPS) is 17.6. The van der Waals surface area contributed by atoms with E-state index < -0.39 is 0 Å². The van der Waals surface area contributed by atoms with Crippen LogP contribution in [0.3, 0.4) is 0 Å². The zero-order valence-corrected chi connectivity index (χ0v) is 12.5. The Morgan fingerprint density at radius 2 is 1.91 bits per heavy atom. The van der Waals surface area contributed by atoms with Crippen molar-refractivity contribution >= 4 is 11.9 Å². The van der Waals surface area contributed by atoms with Gasteiger partial charge in [-0.25, -0.2) is 0 Å². The molecule has 0 spiro atoms. The van der Waals surface area contributed by atoms with E-state index in [-0.39, 0.29) is 17.8 Å². The lowest BCUT2D eigenvalue weighted by atomic mass is 9.85. The number of anilines is 1. The van der Waals surface area contributed by atoms with Crippen LogP contribution in [0.5, 0.6) is 0 Å². The summed E-state index contributed by atoms with van der Waals surface area (Å²) in [7, 11) is 0. The fraction of sp³-hybridized carbons (Fsp3) is 0.471. The van der Waals surface area contributed by atoms with Crippen LogP contribution >= 0.6 is 0 Å². The number of hydrogen-bond acceptors (Lipinski definition) is 4. The number of amides is 1. The molecule has 2 aliphatic rings. The average molecular weight is 297 g/mol. The maximum atomic E-state index is 11.9. The predicted octanol–water partition coefficient (Wildman–Crippen LogP) is 3.35. The largest absolute Gasteiger partial charge is 0.403 e. The van der Waals surface area contributed by atoms with Crippen LogP contribution in [0.2, 0.25) is 0 Å². The second-order valence-corrected chi connectivity index (χ2v) is 6.22. The molecule has 114 valence electrons. The summed E-state index contributed by atoms with van der Waals surface area (Å²) in [5, 5.41) is 10.7. The van der Waals surface area contributed by atoms with Gasteiger partial charge in [0.05, 0.1) is 0 Å². The molecule has 0 atom stereocenters. The van der Waals surface area contributed by atoms with Gasteiger partial charge in [-0.05, 0) is 61.8 Å². The van der Waals surface area contributed by atoms with E-state index in [1.54, 1.807) is 0 Å². The minimum atomic E-state index is -0.00751. The van der Waals surface area contributed by atoms with E-state index in [9.17, 15) is 4.79 Å². The van der Waals surface area contributed by atoms with Crippen LogP contribution in [-0.2, 0) is 17.6 Å². The van der Waals surface area contributed by atoms with Crippen LogP contribution in [-0.4, -0.2) is 16.1 Å². The van der Waals surface area contributed by atoms with Crippen LogP contribution in [0.15, 0.2) is 22.6 Å². The number of hydrogen-bond donors (Lipinski definition) is 1. The lowest BCUT2D eigenvalue weighted by Crippen LogP contribution is -2.28. The van der Waals surface area contributed by atoms with E-state index in [1.165, 1.54) is 24.0 Å². The Morgan fingerprint density at radius 3 is 2.68 bits per heavy atom. The highest BCUT2D eigenvalue weighted by molar-refractivity contribution is 5.91. The molecule has 2 aliphatic carbocycles. The summed E-state index contributed by atoms with van der Waals surface area (Å²) >= 11 is 0. The van der Waals surface area contributed by atoms with E-state index in [4.69, 9.17) is 4.42 Å². The van der Waals surface area contributed by atoms with Crippen LogP contribution < -0.4 is 5.32 Å².